The lowest BCUT2D eigenvalue weighted by molar-refractivity contribution is -0.118. The first-order chi connectivity index (χ1) is 7.65. The van der Waals surface area contributed by atoms with Gasteiger partial charge < -0.3 is 14.8 Å². The SMILES string of the molecule is COc1cc(CCNC(C)=O)cc(OC)c1. The highest BCUT2D eigenvalue weighted by molar-refractivity contribution is 5.72. The van der Waals surface area contributed by atoms with Gasteiger partial charge in [-0.2, -0.15) is 0 Å². The Labute approximate surface area is 95.6 Å². The molecule has 0 aliphatic heterocycles. The van der Waals surface area contributed by atoms with Crippen LogP contribution in [0.4, 0.5) is 0 Å². The Kier molecular flexibility index (Phi) is 4.64. The maximum absolute atomic E-state index is 10.7. The van der Waals surface area contributed by atoms with Crippen molar-refractivity contribution in [1.29, 1.82) is 0 Å². The molecule has 0 spiro atoms. The highest BCUT2D eigenvalue weighted by Gasteiger charge is 2.02. The average molecular weight is 223 g/mol. The third kappa shape index (κ3) is 3.81. The maximum atomic E-state index is 10.7. The normalized spacial score (nSPS) is 9.69. The van der Waals surface area contributed by atoms with Gasteiger partial charge in [-0.15, -0.1) is 0 Å². The number of amides is 1. The average Bonchev–Trinajstić information content (AvgIpc) is 2.28. The van der Waals surface area contributed by atoms with Gasteiger partial charge in [0.25, 0.3) is 0 Å². The van der Waals surface area contributed by atoms with Gasteiger partial charge in [-0.1, -0.05) is 0 Å². The number of hydrogen-bond acceptors (Lipinski definition) is 3. The first kappa shape index (κ1) is 12.4. The Balaban J connectivity index is 2.67. The summed E-state index contributed by atoms with van der Waals surface area (Å²) in [5.74, 6) is 1.50. The number of benzene rings is 1. The minimum Gasteiger partial charge on any atom is -0.497 e. The molecule has 0 saturated carbocycles. The molecule has 1 amide bonds. The van der Waals surface area contributed by atoms with Gasteiger partial charge in [0.15, 0.2) is 0 Å². The highest BCUT2D eigenvalue weighted by Crippen LogP contribution is 2.22. The van der Waals surface area contributed by atoms with Gasteiger partial charge in [0, 0.05) is 19.5 Å². The third-order valence-electron chi connectivity index (χ3n) is 2.20. The van der Waals surface area contributed by atoms with E-state index in [4.69, 9.17) is 9.47 Å². The number of rotatable bonds is 5. The first-order valence-corrected chi connectivity index (χ1v) is 5.12. The second kappa shape index (κ2) is 6.00. The van der Waals surface area contributed by atoms with E-state index in [0.717, 1.165) is 23.5 Å². The molecule has 16 heavy (non-hydrogen) atoms. The van der Waals surface area contributed by atoms with E-state index < -0.39 is 0 Å². The van der Waals surface area contributed by atoms with E-state index in [2.05, 4.69) is 5.32 Å². The van der Waals surface area contributed by atoms with Crippen molar-refractivity contribution in [2.45, 2.75) is 13.3 Å². The lowest BCUT2D eigenvalue weighted by atomic mass is 10.1. The molecule has 0 fully saturated rings. The van der Waals surface area contributed by atoms with Crippen LogP contribution in [-0.4, -0.2) is 26.7 Å². The second-order valence-corrected chi connectivity index (χ2v) is 3.45. The van der Waals surface area contributed by atoms with E-state index in [1.807, 2.05) is 18.2 Å². The van der Waals surface area contributed by atoms with Crippen molar-refractivity contribution in [3.8, 4) is 11.5 Å². The summed E-state index contributed by atoms with van der Waals surface area (Å²) < 4.78 is 10.3. The van der Waals surface area contributed by atoms with Gasteiger partial charge in [-0.25, -0.2) is 0 Å². The molecule has 0 bridgehead atoms. The molecule has 0 saturated heterocycles. The third-order valence-corrected chi connectivity index (χ3v) is 2.20. The number of ether oxygens (including phenoxy) is 2. The van der Waals surface area contributed by atoms with E-state index in [1.54, 1.807) is 14.2 Å². The monoisotopic (exact) mass is 223 g/mol. The van der Waals surface area contributed by atoms with E-state index in [1.165, 1.54) is 6.92 Å². The molecule has 1 N–H and O–H groups in total. The van der Waals surface area contributed by atoms with Crippen LogP contribution in [0, 0.1) is 0 Å². The van der Waals surface area contributed by atoms with Crippen molar-refractivity contribution in [2.75, 3.05) is 20.8 Å². The molecule has 88 valence electrons. The van der Waals surface area contributed by atoms with E-state index in [0.29, 0.717) is 6.54 Å². The quantitative estimate of drug-likeness (QED) is 0.820. The molecule has 0 aliphatic carbocycles. The number of methoxy groups -OCH3 is 2. The Hall–Kier alpha value is -1.71. The molecule has 4 nitrogen and oxygen atoms in total. The summed E-state index contributed by atoms with van der Waals surface area (Å²) >= 11 is 0. The summed E-state index contributed by atoms with van der Waals surface area (Å²) in [5, 5.41) is 2.75. The second-order valence-electron chi connectivity index (χ2n) is 3.45. The number of nitrogens with one attached hydrogen (secondary N) is 1. The fraction of sp³-hybridized carbons (Fsp3) is 0.417. The molecule has 0 aromatic heterocycles. The lowest BCUT2D eigenvalue weighted by Gasteiger charge is -2.08. The van der Waals surface area contributed by atoms with Crippen molar-refractivity contribution in [2.24, 2.45) is 0 Å². The zero-order valence-electron chi connectivity index (χ0n) is 9.87. The van der Waals surface area contributed by atoms with Crippen LogP contribution in [0.15, 0.2) is 18.2 Å². The zero-order chi connectivity index (χ0) is 12.0. The number of carbonyl (C=O) groups is 1. The number of hydrogen-bond donors (Lipinski definition) is 1. The molecule has 1 aromatic carbocycles. The largest absolute Gasteiger partial charge is 0.497 e. The van der Waals surface area contributed by atoms with E-state index in [9.17, 15) is 4.79 Å². The molecule has 4 heteroatoms. The molecule has 0 atom stereocenters. The van der Waals surface area contributed by atoms with Gasteiger partial charge in [-0.3, -0.25) is 4.79 Å². The molecular formula is C12H17NO3. The minimum absolute atomic E-state index is 0.0186. The zero-order valence-corrected chi connectivity index (χ0v) is 9.87. The van der Waals surface area contributed by atoms with Crippen LogP contribution in [-0.2, 0) is 11.2 Å². The van der Waals surface area contributed by atoms with Gasteiger partial charge in [0.05, 0.1) is 14.2 Å². The predicted octanol–water partition coefficient (Wildman–Crippen LogP) is 1.38. The fourth-order valence-electron chi connectivity index (χ4n) is 1.39. The molecule has 0 heterocycles. The minimum atomic E-state index is -0.0186. The van der Waals surface area contributed by atoms with Crippen LogP contribution >= 0.6 is 0 Å². The predicted molar refractivity (Wildman–Crippen MR) is 61.9 cm³/mol. The lowest BCUT2D eigenvalue weighted by Crippen LogP contribution is -2.22. The Morgan fingerprint density at radius 3 is 2.19 bits per heavy atom. The van der Waals surface area contributed by atoms with Crippen molar-refractivity contribution in [3.05, 3.63) is 23.8 Å². The van der Waals surface area contributed by atoms with Crippen LogP contribution < -0.4 is 14.8 Å². The first-order valence-electron chi connectivity index (χ1n) is 5.12. The number of carbonyl (C=O) groups excluding carboxylic acids is 1. The molecule has 0 aliphatic rings. The molecular weight excluding hydrogens is 206 g/mol. The molecule has 0 radical (unpaired) electrons. The van der Waals surface area contributed by atoms with Crippen LogP contribution in [0.3, 0.4) is 0 Å². The van der Waals surface area contributed by atoms with Crippen molar-refractivity contribution >= 4 is 5.91 Å². The van der Waals surface area contributed by atoms with Crippen LogP contribution in [0.1, 0.15) is 12.5 Å². The van der Waals surface area contributed by atoms with Crippen molar-refractivity contribution in [3.63, 3.8) is 0 Å². The van der Waals surface area contributed by atoms with Crippen LogP contribution in [0.25, 0.3) is 0 Å². The Morgan fingerprint density at radius 2 is 1.75 bits per heavy atom. The summed E-state index contributed by atoms with van der Waals surface area (Å²) in [6, 6.07) is 5.69. The summed E-state index contributed by atoms with van der Waals surface area (Å²) in [7, 11) is 3.23. The summed E-state index contributed by atoms with van der Waals surface area (Å²) in [4.78, 5) is 10.7. The summed E-state index contributed by atoms with van der Waals surface area (Å²) in [6.07, 6.45) is 0.757. The molecule has 1 aromatic rings. The standard InChI is InChI=1S/C12H17NO3/c1-9(14)13-5-4-10-6-11(15-2)8-12(7-10)16-3/h6-8H,4-5H2,1-3H3,(H,13,14). The topological polar surface area (TPSA) is 47.6 Å². The Bertz CT molecular complexity index is 341. The molecule has 1 rings (SSSR count). The Morgan fingerprint density at radius 1 is 1.19 bits per heavy atom. The smallest absolute Gasteiger partial charge is 0.216 e. The maximum Gasteiger partial charge on any atom is 0.216 e. The van der Waals surface area contributed by atoms with Crippen molar-refractivity contribution < 1.29 is 14.3 Å². The van der Waals surface area contributed by atoms with Gasteiger partial charge in [0.2, 0.25) is 5.91 Å². The van der Waals surface area contributed by atoms with Gasteiger partial charge in [0.1, 0.15) is 11.5 Å². The summed E-state index contributed by atoms with van der Waals surface area (Å²) in [5.41, 5.74) is 1.07. The van der Waals surface area contributed by atoms with Gasteiger partial charge in [-0.05, 0) is 24.1 Å². The fourth-order valence-corrected chi connectivity index (χ4v) is 1.39. The van der Waals surface area contributed by atoms with Gasteiger partial charge >= 0.3 is 0 Å². The van der Waals surface area contributed by atoms with E-state index >= 15 is 0 Å². The van der Waals surface area contributed by atoms with Crippen LogP contribution in [0.2, 0.25) is 0 Å². The molecule has 0 unspecified atom stereocenters. The van der Waals surface area contributed by atoms with Crippen LogP contribution in [0.5, 0.6) is 11.5 Å². The highest BCUT2D eigenvalue weighted by atomic mass is 16.5. The summed E-state index contributed by atoms with van der Waals surface area (Å²) in [6.45, 7) is 2.12. The van der Waals surface area contributed by atoms with E-state index in [-0.39, 0.29) is 5.91 Å². The van der Waals surface area contributed by atoms with Crippen molar-refractivity contribution in [1.82, 2.24) is 5.32 Å².